The normalized spacial score (nSPS) is 11.0. The molecule has 4 aromatic rings. The van der Waals surface area contributed by atoms with Crippen molar-refractivity contribution in [3.63, 3.8) is 0 Å². The molecule has 0 amide bonds. The van der Waals surface area contributed by atoms with Crippen LogP contribution in [0.25, 0.3) is 22.2 Å². The fourth-order valence-electron chi connectivity index (χ4n) is 3.03. The van der Waals surface area contributed by atoms with Gasteiger partial charge in [-0.25, -0.2) is 18.9 Å². The lowest BCUT2D eigenvalue weighted by atomic mass is 10.0. The summed E-state index contributed by atoms with van der Waals surface area (Å²) >= 11 is 0. The lowest BCUT2D eigenvalue weighted by molar-refractivity contribution is 0.0458. The Morgan fingerprint density at radius 1 is 1.14 bits per heavy atom. The summed E-state index contributed by atoms with van der Waals surface area (Å²) in [6.45, 7) is 2.62. The monoisotopic (exact) mass is 391 g/mol. The molecule has 29 heavy (non-hydrogen) atoms. The molecular weight excluding hydrogens is 373 g/mol. The average Bonchev–Trinajstić information content (AvgIpc) is 3.19. The van der Waals surface area contributed by atoms with Crippen LogP contribution in [-0.2, 0) is 17.9 Å². The minimum Gasteiger partial charge on any atom is -0.454 e. The maximum absolute atomic E-state index is 13.3. The maximum atomic E-state index is 13.3. The summed E-state index contributed by atoms with van der Waals surface area (Å²) in [6, 6.07) is 14.9. The van der Waals surface area contributed by atoms with Gasteiger partial charge in [0.2, 0.25) is 0 Å². The molecule has 2 heterocycles. The fraction of sp³-hybridized carbons (Fsp3) is 0.190. The molecule has 0 N–H and O–H groups in total. The van der Waals surface area contributed by atoms with E-state index in [0.29, 0.717) is 40.1 Å². The lowest BCUT2D eigenvalue weighted by Crippen LogP contribution is -2.11. The number of fused-ring (bicyclic) bond motifs is 1. The number of benzene rings is 2. The Morgan fingerprint density at radius 2 is 1.93 bits per heavy atom. The van der Waals surface area contributed by atoms with Gasteiger partial charge in [-0.1, -0.05) is 25.1 Å². The van der Waals surface area contributed by atoms with Crippen molar-refractivity contribution < 1.29 is 13.9 Å². The smallest absolute Gasteiger partial charge is 0.339 e. The highest BCUT2D eigenvalue weighted by molar-refractivity contribution is 6.04. The number of rotatable bonds is 6. The number of pyridine rings is 1. The standard InChI is InChI=1S/C21H18FN5O2/c1-2-11-27-20(24-25-26-27)13-29-21(28)17-12-19(14-7-9-15(22)10-8-14)23-18-6-4-3-5-16(17)18/h3-10,12H,2,11,13H2,1H3. The summed E-state index contributed by atoms with van der Waals surface area (Å²) in [5.41, 5.74) is 2.30. The average molecular weight is 391 g/mol. The first-order valence-corrected chi connectivity index (χ1v) is 9.23. The molecule has 0 saturated heterocycles. The van der Waals surface area contributed by atoms with E-state index in [2.05, 4.69) is 20.5 Å². The predicted molar refractivity (Wildman–Crippen MR) is 104 cm³/mol. The molecule has 0 saturated carbocycles. The second-order valence-electron chi connectivity index (χ2n) is 6.47. The van der Waals surface area contributed by atoms with Crippen molar-refractivity contribution in [2.75, 3.05) is 0 Å². The molecule has 0 bridgehead atoms. The number of tetrazole rings is 1. The topological polar surface area (TPSA) is 82.8 Å². The summed E-state index contributed by atoms with van der Waals surface area (Å²) in [7, 11) is 0. The van der Waals surface area contributed by atoms with Crippen LogP contribution < -0.4 is 0 Å². The van der Waals surface area contributed by atoms with E-state index in [4.69, 9.17) is 4.74 Å². The largest absolute Gasteiger partial charge is 0.454 e. The van der Waals surface area contributed by atoms with Crippen molar-refractivity contribution in [2.45, 2.75) is 26.5 Å². The Kier molecular flexibility index (Phi) is 5.24. The van der Waals surface area contributed by atoms with Crippen LogP contribution in [0.2, 0.25) is 0 Å². The molecule has 0 atom stereocenters. The molecule has 0 unspecified atom stereocenters. The summed E-state index contributed by atoms with van der Waals surface area (Å²) in [5.74, 6) is -0.352. The van der Waals surface area contributed by atoms with Crippen LogP contribution in [-0.4, -0.2) is 31.2 Å². The fourth-order valence-corrected chi connectivity index (χ4v) is 3.03. The highest BCUT2D eigenvalue weighted by Gasteiger charge is 2.17. The second kappa shape index (κ2) is 8.14. The molecule has 4 rings (SSSR count). The zero-order valence-electron chi connectivity index (χ0n) is 15.7. The first-order valence-electron chi connectivity index (χ1n) is 9.23. The zero-order valence-corrected chi connectivity index (χ0v) is 15.7. The minimum absolute atomic E-state index is 0.0334. The molecule has 8 heteroatoms. The SMILES string of the molecule is CCCn1nnnc1COC(=O)c1cc(-c2ccc(F)cc2)nc2ccccc12. The first-order chi connectivity index (χ1) is 14.2. The molecule has 0 aliphatic rings. The lowest BCUT2D eigenvalue weighted by Gasteiger charge is -2.10. The van der Waals surface area contributed by atoms with Gasteiger partial charge in [-0.2, -0.15) is 0 Å². The van der Waals surface area contributed by atoms with E-state index in [1.54, 1.807) is 22.9 Å². The Labute approximate surface area is 166 Å². The van der Waals surface area contributed by atoms with Gasteiger partial charge in [-0.15, -0.1) is 5.10 Å². The van der Waals surface area contributed by atoms with Crippen LogP contribution in [0.4, 0.5) is 4.39 Å². The van der Waals surface area contributed by atoms with E-state index in [-0.39, 0.29) is 12.4 Å². The van der Waals surface area contributed by atoms with Crippen molar-refractivity contribution in [1.29, 1.82) is 0 Å². The number of para-hydroxylation sites is 1. The Morgan fingerprint density at radius 3 is 2.72 bits per heavy atom. The first kappa shape index (κ1) is 18.7. The number of carbonyl (C=O) groups is 1. The molecular formula is C21H18FN5O2. The van der Waals surface area contributed by atoms with Gasteiger partial charge in [0, 0.05) is 17.5 Å². The third-order valence-electron chi connectivity index (χ3n) is 4.45. The summed E-state index contributed by atoms with van der Waals surface area (Å²) in [6.07, 6.45) is 0.863. The number of hydrogen-bond acceptors (Lipinski definition) is 6. The van der Waals surface area contributed by atoms with Crippen LogP contribution in [0.15, 0.2) is 54.6 Å². The van der Waals surface area contributed by atoms with E-state index in [1.165, 1.54) is 12.1 Å². The van der Waals surface area contributed by atoms with Gasteiger partial charge in [0.15, 0.2) is 12.4 Å². The van der Waals surface area contributed by atoms with Gasteiger partial charge in [0.1, 0.15) is 5.82 Å². The molecule has 0 spiro atoms. The number of esters is 1. The van der Waals surface area contributed by atoms with E-state index < -0.39 is 5.97 Å². The Bertz CT molecular complexity index is 1160. The summed E-state index contributed by atoms with van der Waals surface area (Å²) in [4.78, 5) is 17.5. The van der Waals surface area contributed by atoms with Crippen molar-refractivity contribution in [2.24, 2.45) is 0 Å². The van der Waals surface area contributed by atoms with Gasteiger partial charge < -0.3 is 4.74 Å². The van der Waals surface area contributed by atoms with Gasteiger partial charge in [-0.05, 0) is 53.2 Å². The third kappa shape index (κ3) is 3.96. The van der Waals surface area contributed by atoms with Crippen LogP contribution in [0.3, 0.4) is 0 Å². The molecule has 0 radical (unpaired) electrons. The molecule has 0 aliphatic heterocycles. The zero-order chi connectivity index (χ0) is 20.2. The van der Waals surface area contributed by atoms with Crippen molar-refractivity contribution in [3.8, 4) is 11.3 Å². The van der Waals surface area contributed by atoms with Crippen molar-refractivity contribution >= 4 is 16.9 Å². The number of nitrogens with zero attached hydrogens (tertiary/aromatic N) is 5. The second-order valence-corrected chi connectivity index (χ2v) is 6.47. The predicted octanol–water partition coefficient (Wildman–Crippen LogP) is 3.79. The third-order valence-corrected chi connectivity index (χ3v) is 4.45. The van der Waals surface area contributed by atoms with E-state index in [0.717, 1.165) is 6.42 Å². The Hall–Kier alpha value is -3.68. The molecule has 0 aliphatic carbocycles. The number of aryl methyl sites for hydroxylation is 1. The van der Waals surface area contributed by atoms with E-state index >= 15 is 0 Å². The summed E-state index contributed by atoms with van der Waals surface area (Å²) in [5, 5.41) is 12.1. The van der Waals surface area contributed by atoms with Crippen LogP contribution >= 0.6 is 0 Å². The molecule has 0 fully saturated rings. The van der Waals surface area contributed by atoms with Crippen LogP contribution in [0.1, 0.15) is 29.5 Å². The highest BCUT2D eigenvalue weighted by Crippen LogP contribution is 2.25. The number of halogens is 1. The maximum Gasteiger partial charge on any atom is 0.339 e. The quantitative estimate of drug-likeness (QED) is 0.465. The van der Waals surface area contributed by atoms with Crippen molar-refractivity contribution in [3.05, 3.63) is 71.8 Å². The molecule has 146 valence electrons. The van der Waals surface area contributed by atoms with Gasteiger partial charge in [0.05, 0.1) is 16.8 Å². The Balaban J connectivity index is 1.67. The van der Waals surface area contributed by atoms with Gasteiger partial charge in [-0.3, -0.25) is 0 Å². The van der Waals surface area contributed by atoms with Crippen LogP contribution in [0, 0.1) is 5.82 Å². The van der Waals surface area contributed by atoms with Crippen LogP contribution in [0.5, 0.6) is 0 Å². The summed E-state index contributed by atoms with van der Waals surface area (Å²) < 4.78 is 20.4. The number of aromatic nitrogens is 5. The van der Waals surface area contributed by atoms with E-state index in [9.17, 15) is 9.18 Å². The molecule has 7 nitrogen and oxygen atoms in total. The van der Waals surface area contributed by atoms with Gasteiger partial charge >= 0.3 is 5.97 Å². The van der Waals surface area contributed by atoms with Gasteiger partial charge in [0.25, 0.3) is 0 Å². The highest BCUT2D eigenvalue weighted by atomic mass is 19.1. The minimum atomic E-state index is -0.502. The number of ether oxygens (including phenoxy) is 1. The molecule has 2 aromatic carbocycles. The van der Waals surface area contributed by atoms with Crippen molar-refractivity contribution in [1.82, 2.24) is 25.2 Å². The van der Waals surface area contributed by atoms with E-state index in [1.807, 2.05) is 31.2 Å². The number of carbonyl (C=O) groups excluding carboxylic acids is 1. The number of hydrogen-bond donors (Lipinski definition) is 0. The molecule has 2 aromatic heterocycles.